The Labute approximate surface area is 72.7 Å². The van der Waals surface area contributed by atoms with Crippen molar-refractivity contribution in [3.05, 3.63) is 0 Å². The highest BCUT2D eigenvalue weighted by Gasteiger charge is 2.02. The number of carbonyl (C=O) groups is 1. The average molecular weight is 170 g/mol. The van der Waals surface area contributed by atoms with E-state index in [0.29, 0.717) is 0 Å². The quantitative estimate of drug-likeness (QED) is 0.487. The number of rotatable bonds is 2. The molecule has 0 aromatic rings. The predicted octanol–water partition coefficient (Wildman–Crippen LogP) is 0.570. The lowest BCUT2D eigenvalue weighted by Crippen LogP contribution is -2.11. The third-order valence-electron chi connectivity index (χ3n) is 1.23. The molecule has 0 rings (SSSR count). The smallest absolute Gasteiger partial charge is 0.303 e. The molecular formula is C9H14O3. The minimum Gasteiger partial charge on any atom is -0.453 e. The number of carbonyl (C=O) groups excluding carboxylic acids is 1. The normalized spacial score (nSPS) is 11.8. The maximum absolute atomic E-state index is 10.3. The molecule has 0 aromatic carbocycles. The van der Waals surface area contributed by atoms with Crippen LogP contribution in [0.1, 0.15) is 20.8 Å². The number of hydrogen-bond acceptors (Lipinski definition) is 3. The number of ether oxygens (including phenoxy) is 1. The summed E-state index contributed by atoms with van der Waals surface area (Å²) in [6.07, 6.45) is -0.638. The van der Waals surface area contributed by atoms with Gasteiger partial charge in [-0.1, -0.05) is 25.7 Å². The van der Waals surface area contributed by atoms with E-state index in [0.717, 1.165) is 0 Å². The molecule has 0 amide bonds. The van der Waals surface area contributed by atoms with Crippen molar-refractivity contribution in [1.82, 2.24) is 0 Å². The van der Waals surface area contributed by atoms with Gasteiger partial charge in [-0.05, 0) is 5.92 Å². The summed E-state index contributed by atoms with van der Waals surface area (Å²) in [6.45, 7) is 5.11. The summed E-state index contributed by atoms with van der Waals surface area (Å²) in [4.78, 5) is 10.3. The fourth-order valence-corrected chi connectivity index (χ4v) is 0.451. The van der Waals surface area contributed by atoms with E-state index in [9.17, 15) is 9.90 Å². The van der Waals surface area contributed by atoms with Crippen LogP contribution >= 0.6 is 0 Å². The van der Waals surface area contributed by atoms with Crippen LogP contribution in [-0.4, -0.2) is 23.8 Å². The molecule has 0 heterocycles. The Morgan fingerprint density at radius 3 is 2.58 bits per heavy atom. The second kappa shape index (κ2) is 5.62. The highest BCUT2D eigenvalue weighted by molar-refractivity contribution is 5.66. The van der Waals surface area contributed by atoms with E-state index in [-0.39, 0.29) is 18.5 Å². The van der Waals surface area contributed by atoms with Crippen LogP contribution in [0.4, 0.5) is 0 Å². The lowest BCUT2D eigenvalue weighted by molar-refractivity contribution is -0.139. The van der Waals surface area contributed by atoms with Crippen LogP contribution in [0.5, 0.6) is 0 Å². The van der Waals surface area contributed by atoms with Crippen molar-refractivity contribution in [2.45, 2.75) is 26.9 Å². The van der Waals surface area contributed by atoms with Crippen molar-refractivity contribution in [1.29, 1.82) is 0 Å². The molecule has 0 fully saturated rings. The summed E-state index contributed by atoms with van der Waals surface area (Å²) < 4.78 is 4.55. The number of aliphatic hydroxyl groups is 1. The first-order valence-corrected chi connectivity index (χ1v) is 3.84. The van der Waals surface area contributed by atoms with Crippen molar-refractivity contribution in [3.63, 3.8) is 0 Å². The lowest BCUT2D eigenvalue weighted by atomic mass is 10.1. The fraction of sp³-hybridized carbons (Fsp3) is 0.667. The molecule has 1 N–H and O–H groups in total. The summed E-state index contributed by atoms with van der Waals surface area (Å²) in [5, 5.41) is 9.18. The Hall–Kier alpha value is -1.01. The molecule has 0 aliphatic heterocycles. The molecule has 0 unspecified atom stereocenters. The van der Waals surface area contributed by atoms with Crippen molar-refractivity contribution in [2.75, 3.05) is 6.61 Å². The van der Waals surface area contributed by atoms with E-state index >= 15 is 0 Å². The van der Waals surface area contributed by atoms with Gasteiger partial charge in [0.1, 0.15) is 6.10 Å². The van der Waals surface area contributed by atoms with E-state index in [1.54, 1.807) is 0 Å². The Morgan fingerprint density at radius 1 is 1.58 bits per heavy atom. The number of hydrogen-bond donors (Lipinski definition) is 1. The topological polar surface area (TPSA) is 46.5 Å². The zero-order valence-corrected chi connectivity index (χ0v) is 7.63. The van der Waals surface area contributed by atoms with E-state index in [2.05, 4.69) is 16.6 Å². The zero-order valence-electron chi connectivity index (χ0n) is 7.63. The maximum Gasteiger partial charge on any atom is 0.303 e. The van der Waals surface area contributed by atoms with E-state index in [1.807, 2.05) is 13.8 Å². The lowest BCUT2D eigenvalue weighted by Gasteiger charge is -2.05. The van der Waals surface area contributed by atoms with Crippen LogP contribution in [0.2, 0.25) is 0 Å². The van der Waals surface area contributed by atoms with Crippen molar-refractivity contribution < 1.29 is 14.6 Å². The average Bonchev–Trinajstić information content (AvgIpc) is 1.97. The van der Waals surface area contributed by atoms with Gasteiger partial charge in [0.2, 0.25) is 0 Å². The summed E-state index contributed by atoms with van der Waals surface area (Å²) >= 11 is 0. The molecular weight excluding hydrogens is 156 g/mol. The molecule has 12 heavy (non-hydrogen) atoms. The van der Waals surface area contributed by atoms with E-state index < -0.39 is 6.10 Å². The van der Waals surface area contributed by atoms with Gasteiger partial charge < -0.3 is 9.84 Å². The molecule has 3 nitrogen and oxygen atoms in total. The first-order valence-electron chi connectivity index (χ1n) is 3.84. The van der Waals surface area contributed by atoms with Gasteiger partial charge in [-0.15, -0.1) is 0 Å². The monoisotopic (exact) mass is 170 g/mol. The number of esters is 1. The standard InChI is InChI=1S/C9H14O3/c1-7(2)9(11)5-4-6-12-8(3)10/h7,9,11H,6H2,1-3H3/t9-/m1/s1. The molecule has 1 atom stereocenters. The maximum atomic E-state index is 10.3. The van der Waals surface area contributed by atoms with Crippen LogP contribution in [0.15, 0.2) is 0 Å². The summed E-state index contributed by atoms with van der Waals surface area (Å²) in [5.41, 5.74) is 0. The Morgan fingerprint density at radius 2 is 2.17 bits per heavy atom. The highest BCUT2D eigenvalue weighted by atomic mass is 16.5. The Kier molecular flexibility index (Phi) is 5.14. The molecule has 0 saturated heterocycles. The molecule has 0 aliphatic carbocycles. The third kappa shape index (κ3) is 5.75. The van der Waals surface area contributed by atoms with Crippen molar-refractivity contribution >= 4 is 5.97 Å². The Bertz CT molecular complexity index is 198. The second-order valence-electron chi connectivity index (χ2n) is 2.79. The van der Waals surface area contributed by atoms with Gasteiger partial charge in [-0.25, -0.2) is 0 Å². The Balaban J connectivity index is 3.66. The van der Waals surface area contributed by atoms with Gasteiger partial charge in [0.25, 0.3) is 0 Å². The predicted molar refractivity (Wildman–Crippen MR) is 45.3 cm³/mol. The largest absolute Gasteiger partial charge is 0.453 e. The van der Waals surface area contributed by atoms with Crippen molar-refractivity contribution in [3.8, 4) is 11.8 Å². The molecule has 0 aromatic heterocycles. The van der Waals surface area contributed by atoms with Gasteiger partial charge >= 0.3 is 5.97 Å². The fourth-order valence-electron chi connectivity index (χ4n) is 0.451. The molecule has 0 aliphatic rings. The molecule has 0 bridgehead atoms. The summed E-state index contributed by atoms with van der Waals surface area (Å²) in [7, 11) is 0. The molecule has 0 radical (unpaired) electrons. The van der Waals surface area contributed by atoms with Crippen LogP contribution in [0, 0.1) is 17.8 Å². The highest BCUT2D eigenvalue weighted by Crippen LogP contribution is 1.97. The van der Waals surface area contributed by atoms with Gasteiger partial charge in [0, 0.05) is 6.92 Å². The first kappa shape index (κ1) is 11.0. The molecule has 3 heteroatoms. The summed E-state index contributed by atoms with van der Waals surface area (Å²) in [5.74, 6) is 4.87. The first-order chi connectivity index (χ1) is 5.54. The van der Waals surface area contributed by atoms with Gasteiger partial charge in [0.05, 0.1) is 0 Å². The van der Waals surface area contributed by atoms with Crippen molar-refractivity contribution in [2.24, 2.45) is 5.92 Å². The summed E-state index contributed by atoms with van der Waals surface area (Å²) in [6, 6.07) is 0. The van der Waals surface area contributed by atoms with Gasteiger partial charge in [-0.2, -0.15) is 0 Å². The molecule has 0 spiro atoms. The van der Waals surface area contributed by atoms with Gasteiger partial charge in [-0.3, -0.25) is 4.79 Å². The SMILES string of the molecule is CC(=O)OCC#C[C@@H](O)C(C)C. The third-order valence-corrected chi connectivity index (χ3v) is 1.23. The second-order valence-corrected chi connectivity index (χ2v) is 2.79. The number of aliphatic hydroxyl groups excluding tert-OH is 1. The van der Waals surface area contributed by atoms with E-state index in [1.165, 1.54) is 6.92 Å². The van der Waals surface area contributed by atoms with Crippen LogP contribution < -0.4 is 0 Å². The van der Waals surface area contributed by atoms with Crippen LogP contribution in [0.3, 0.4) is 0 Å². The van der Waals surface area contributed by atoms with E-state index in [4.69, 9.17) is 0 Å². The molecule has 0 saturated carbocycles. The van der Waals surface area contributed by atoms with Crippen LogP contribution in [-0.2, 0) is 9.53 Å². The zero-order chi connectivity index (χ0) is 9.56. The minimum absolute atomic E-state index is 0.0547. The van der Waals surface area contributed by atoms with Crippen LogP contribution in [0.25, 0.3) is 0 Å². The minimum atomic E-state index is -0.638. The molecule has 68 valence electrons. The van der Waals surface area contributed by atoms with Gasteiger partial charge in [0.15, 0.2) is 6.61 Å².